The number of benzene rings is 1. The monoisotopic (exact) mass is 321 g/mol. The molecule has 0 saturated carbocycles. The van der Waals surface area contributed by atoms with Crippen LogP contribution in [0.2, 0.25) is 0 Å². The fourth-order valence-corrected chi connectivity index (χ4v) is 4.55. The van der Waals surface area contributed by atoms with Crippen molar-refractivity contribution < 1.29 is 9.90 Å². The van der Waals surface area contributed by atoms with Gasteiger partial charge in [-0.1, -0.05) is 0 Å². The fourth-order valence-electron chi connectivity index (χ4n) is 4.55. The molecule has 5 heteroatoms. The van der Waals surface area contributed by atoms with Gasteiger partial charge in [-0.05, 0) is 62.4 Å². The highest BCUT2D eigenvalue weighted by Gasteiger charge is 2.38. The molecule has 3 aromatic rings. The molecule has 2 atom stereocenters. The van der Waals surface area contributed by atoms with E-state index >= 15 is 0 Å². The second-order valence-corrected chi connectivity index (χ2v) is 6.93. The lowest BCUT2D eigenvalue weighted by molar-refractivity contribution is 0.0697. The third-order valence-electron chi connectivity index (χ3n) is 5.63. The van der Waals surface area contributed by atoms with Gasteiger partial charge in [0, 0.05) is 18.3 Å². The lowest BCUT2D eigenvalue weighted by Gasteiger charge is -2.36. The number of rotatable bonds is 2. The van der Waals surface area contributed by atoms with Gasteiger partial charge in [0.15, 0.2) is 5.82 Å². The first-order chi connectivity index (χ1) is 11.7. The molecule has 2 bridgehead atoms. The Morgan fingerprint density at radius 1 is 1.08 bits per heavy atom. The molecule has 2 aromatic heterocycles. The molecule has 2 saturated heterocycles. The molecule has 4 heterocycles. The number of aromatic carboxylic acids is 1. The highest BCUT2D eigenvalue weighted by molar-refractivity contribution is 5.94. The Bertz CT molecular complexity index is 946. The first-order valence-corrected chi connectivity index (χ1v) is 8.65. The van der Waals surface area contributed by atoms with Gasteiger partial charge in [0.05, 0.1) is 22.1 Å². The van der Waals surface area contributed by atoms with Gasteiger partial charge in [0.2, 0.25) is 0 Å². The number of carbonyl (C=O) groups is 1. The Morgan fingerprint density at radius 2 is 1.88 bits per heavy atom. The van der Waals surface area contributed by atoms with E-state index in [1.165, 1.54) is 32.1 Å². The van der Waals surface area contributed by atoms with Crippen LogP contribution in [0.25, 0.3) is 16.6 Å². The van der Waals surface area contributed by atoms with E-state index in [0.29, 0.717) is 12.1 Å². The highest BCUT2D eigenvalue weighted by Crippen LogP contribution is 2.40. The summed E-state index contributed by atoms with van der Waals surface area (Å²) in [6, 6.07) is 10.5. The Hall–Kier alpha value is -2.56. The highest BCUT2D eigenvalue weighted by atomic mass is 16.4. The summed E-state index contributed by atoms with van der Waals surface area (Å²) in [5.41, 5.74) is 3.10. The van der Waals surface area contributed by atoms with Crippen LogP contribution >= 0.6 is 0 Å². The van der Waals surface area contributed by atoms with E-state index in [2.05, 4.69) is 15.4 Å². The Kier molecular flexibility index (Phi) is 2.86. The third kappa shape index (κ3) is 1.87. The van der Waals surface area contributed by atoms with Crippen LogP contribution in [0, 0.1) is 0 Å². The molecule has 1 aromatic carbocycles. The van der Waals surface area contributed by atoms with Gasteiger partial charge >= 0.3 is 5.97 Å². The summed E-state index contributed by atoms with van der Waals surface area (Å²) < 4.78 is 2.14. The molecule has 2 fully saturated rings. The minimum atomic E-state index is -0.911. The van der Waals surface area contributed by atoms with Crippen LogP contribution in [0.4, 0.5) is 5.82 Å². The normalized spacial score (nSPS) is 23.2. The van der Waals surface area contributed by atoms with E-state index in [1.54, 1.807) is 12.1 Å². The van der Waals surface area contributed by atoms with Gasteiger partial charge in [-0.3, -0.25) is 0 Å². The minimum Gasteiger partial charge on any atom is -0.478 e. The quantitative estimate of drug-likeness (QED) is 0.782. The Labute approximate surface area is 139 Å². The molecule has 1 N–H and O–H groups in total. The smallest absolute Gasteiger partial charge is 0.335 e. The first kappa shape index (κ1) is 13.8. The summed E-state index contributed by atoms with van der Waals surface area (Å²) in [6.45, 7) is 0. The predicted octanol–water partition coefficient (Wildman–Crippen LogP) is 3.71. The van der Waals surface area contributed by atoms with Crippen LogP contribution < -0.4 is 4.90 Å². The maximum atomic E-state index is 11.3. The van der Waals surface area contributed by atoms with Crippen molar-refractivity contribution in [3.05, 3.63) is 42.1 Å². The van der Waals surface area contributed by atoms with Crippen molar-refractivity contribution >= 4 is 28.3 Å². The largest absolute Gasteiger partial charge is 0.478 e. The molecule has 122 valence electrons. The molecule has 2 aliphatic rings. The minimum absolute atomic E-state index is 0.286. The first-order valence-electron chi connectivity index (χ1n) is 8.65. The zero-order valence-electron chi connectivity index (χ0n) is 13.4. The van der Waals surface area contributed by atoms with Crippen molar-refractivity contribution in [2.45, 2.75) is 44.2 Å². The van der Waals surface area contributed by atoms with Crippen molar-refractivity contribution in [3.63, 3.8) is 0 Å². The third-order valence-corrected chi connectivity index (χ3v) is 5.63. The van der Waals surface area contributed by atoms with E-state index in [1.807, 2.05) is 18.3 Å². The van der Waals surface area contributed by atoms with E-state index in [0.717, 1.165) is 22.4 Å². The number of fused-ring (bicyclic) bond motifs is 5. The van der Waals surface area contributed by atoms with Crippen LogP contribution in [0.1, 0.15) is 42.5 Å². The number of piperidine rings is 1. The second kappa shape index (κ2) is 4.97. The summed E-state index contributed by atoms with van der Waals surface area (Å²) in [4.78, 5) is 18.7. The molecule has 2 aliphatic heterocycles. The van der Waals surface area contributed by atoms with Crippen molar-refractivity contribution in [2.24, 2.45) is 0 Å². The van der Waals surface area contributed by atoms with E-state index in [-0.39, 0.29) is 5.56 Å². The predicted molar refractivity (Wildman–Crippen MR) is 92.8 cm³/mol. The van der Waals surface area contributed by atoms with Crippen molar-refractivity contribution in [1.29, 1.82) is 0 Å². The summed E-state index contributed by atoms with van der Waals surface area (Å²) in [5, 5.41) is 9.28. The summed E-state index contributed by atoms with van der Waals surface area (Å²) in [6.07, 6.45) is 8.30. The molecule has 0 spiro atoms. The number of anilines is 1. The standard InChI is InChI=1S/C19H19N3O2/c23-19(24)12-6-9-16-15(11-12)20-18(17-5-2-10-21(16)17)22-13-3-1-4-14(22)8-7-13/h2,5-6,9-11,13-14H,1,3-4,7-8H2,(H,23,24). The molecule has 2 unspecified atom stereocenters. The number of hydrogen-bond acceptors (Lipinski definition) is 3. The number of hydrogen-bond donors (Lipinski definition) is 1. The lowest BCUT2D eigenvalue weighted by atomic mass is 10.0. The molecular weight excluding hydrogens is 302 g/mol. The molecule has 0 amide bonds. The van der Waals surface area contributed by atoms with Gasteiger partial charge in [0.1, 0.15) is 0 Å². The van der Waals surface area contributed by atoms with Crippen molar-refractivity contribution in [1.82, 2.24) is 9.38 Å². The Balaban J connectivity index is 1.77. The van der Waals surface area contributed by atoms with E-state index in [4.69, 9.17) is 4.98 Å². The second-order valence-electron chi connectivity index (χ2n) is 6.93. The maximum Gasteiger partial charge on any atom is 0.335 e. The molecule has 24 heavy (non-hydrogen) atoms. The lowest BCUT2D eigenvalue weighted by Crippen LogP contribution is -2.40. The average molecular weight is 321 g/mol. The fraction of sp³-hybridized carbons (Fsp3) is 0.368. The summed E-state index contributed by atoms with van der Waals surface area (Å²) in [5.74, 6) is 0.105. The van der Waals surface area contributed by atoms with Gasteiger partial charge < -0.3 is 14.4 Å². The van der Waals surface area contributed by atoms with Crippen LogP contribution in [0.3, 0.4) is 0 Å². The van der Waals surface area contributed by atoms with Crippen LogP contribution in [-0.4, -0.2) is 32.5 Å². The van der Waals surface area contributed by atoms with Gasteiger partial charge in [-0.25, -0.2) is 9.78 Å². The Morgan fingerprint density at radius 3 is 2.62 bits per heavy atom. The number of carboxylic acid groups (broad SMARTS) is 1. The number of nitrogens with zero attached hydrogens (tertiary/aromatic N) is 3. The molecule has 0 radical (unpaired) electrons. The summed E-state index contributed by atoms with van der Waals surface area (Å²) in [7, 11) is 0. The number of carboxylic acids is 1. The van der Waals surface area contributed by atoms with Crippen LogP contribution in [0.15, 0.2) is 36.5 Å². The van der Waals surface area contributed by atoms with Crippen molar-refractivity contribution in [3.8, 4) is 0 Å². The maximum absolute atomic E-state index is 11.3. The molecule has 5 nitrogen and oxygen atoms in total. The molecular formula is C19H19N3O2. The van der Waals surface area contributed by atoms with Crippen LogP contribution in [-0.2, 0) is 0 Å². The van der Waals surface area contributed by atoms with Gasteiger partial charge in [0.25, 0.3) is 0 Å². The van der Waals surface area contributed by atoms with Crippen LogP contribution in [0.5, 0.6) is 0 Å². The van der Waals surface area contributed by atoms with E-state index < -0.39 is 5.97 Å². The topological polar surface area (TPSA) is 57.8 Å². The zero-order chi connectivity index (χ0) is 16.3. The van der Waals surface area contributed by atoms with Gasteiger partial charge in [-0.15, -0.1) is 0 Å². The molecule has 0 aliphatic carbocycles. The SMILES string of the molecule is O=C(O)c1ccc2c(c1)nc(N1C3CCCC1CC3)c1cccn12. The number of aromatic nitrogens is 2. The average Bonchev–Trinajstić information content (AvgIpc) is 3.16. The summed E-state index contributed by atoms with van der Waals surface area (Å²) >= 11 is 0. The van der Waals surface area contributed by atoms with E-state index in [9.17, 15) is 9.90 Å². The zero-order valence-corrected chi connectivity index (χ0v) is 13.4. The molecule has 5 rings (SSSR count). The van der Waals surface area contributed by atoms with Gasteiger partial charge in [-0.2, -0.15) is 0 Å². The van der Waals surface area contributed by atoms with Crippen molar-refractivity contribution in [2.75, 3.05) is 4.90 Å².